The van der Waals surface area contributed by atoms with Crippen molar-refractivity contribution >= 4 is 54.6 Å². The van der Waals surface area contributed by atoms with Crippen molar-refractivity contribution in [3.63, 3.8) is 0 Å². The molecule has 15 heteroatoms. The second kappa shape index (κ2) is 13.4. The molecule has 0 aliphatic heterocycles. The zero-order chi connectivity index (χ0) is 33.0. The average Bonchev–Trinajstić information content (AvgIpc) is 2.97. The number of amides is 1. The van der Waals surface area contributed by atoms with Crippen LogP contribution in [0, 0.1) is 6.92 Å². The van der Waals surface area contributed by atoms with Gasteiger partial charge in [0.1, 0.15) is 12.3 Å². The highest BCUT2D eigenvalue weighted by Gasteiger charge is 2.34. The van der Waals surface area contributed by atoms with Gasteiger partial charge >= 0.3 is 6.18 Å². The minimum absolute atomic E-state index is 0.0279. The van der Waals surface area contributed by atoms with E-state index in [1.54, 1.807) is 31.2 Å². The normalized spacial score (nSPS) is 12.0. The van der Waals surface area contributed by atoms with E-state index in [9.17, 15) is 34.8 Å². The number of sulfonamides is 2. The van der Waals surface area contributed by atoms with Gasteiger partial charge in [0.05, 0.1) is 32.7 Å². The maximum atomic E-state index is 13.6. The molecule has 238 valence electrons. The Balaban J connectivity index is 1.53. The topological polar surface area (TPSA) is 122 Å². The maximum absolute atomic E-state index is 13.6. The minimum Gasteiger partial charge on any atom is -0.494 e. The molecule has 0 unspecified atom stereocenters. The Morgan fingerprint density at radius 2 is 1.42 bits per heavy atom. The first kappa shape index (κ1) is 33.6. The second-order valence-corrected chi connectivity index (χ2v) is 13.6. The Hall–Kier alpha value is -4.27. The summed E-state index contributed by atoms with van der Waals surface area (Å²) in [5, 5.41) is 1.96. The van der Waals surface area contributed by atoms with Crippen LogP contribution in [0.3, 0.4) is 0 Å². The zero-order valence-electron chi connectivity index (χ0n) is 23.8. The third-order valence-electron chi connectivity index (χ3n) is 6.30. The summed E-state index contributed by atoms with van der Waals surface area (Å²) in [6.07, 6.45) is -4.79. The number of alkyl halides is 3. The summed E-state index contributed by atoms with van der Waals surface area (Å²) in [6, 6.07) is 19.7. The predicted molar refractivity (Wildman–Crippen MR) is 166 cm³/mol. The Kier molecular flexibility index (Phi) is 10.00. The van der Waals surface area contributed by atoms with Crippen LogP contribution in [0.2, 0.25) is 5.02 Å². The quantitative estimate of drug-likeness (QED) is 0.182. The molecule has 4 aromatic carbocycles. The summed E-state index contributed by atoms with van der Waals surface area (Å²) in [5.74, 6) is -0.214. The highest BCUT2D eigenvalue weighted by atomic mass is 35.5. The Morgan fingerprint density at radius 3 is 2.00 bits per heavy atom. The van der Waals surface area contributed by atoms with Gasteiger partial charge in [0.2, 0.25) is 5.91 Å². The molecule has 0 spiro atoms. The molecule has 0 saturated heterocycles. The van der Waals surface area contributed by atoms with Gasteiger partial charge in [-0.1, -0.05) is 29.3 Å². The van der Waals surface area contributed by atoms with E-state index in [2.05, 4.69) is 10.0 Å². The Labute approximate surface area is 263 Å². The van der Waals surface area contributed by atoms with E-state index in [0.29, 0.717) is 18.4 Å². The lowest BCUT2D eigenvalue weighted by atomic mass is 10.2. The van der Waals surface area contributed by atoms with Gasteiger partial charge in [0.25, 0.3) is 20.0 Å². The monoisotopic (exact) mass is 681 g/mol. The zero-order valence-corrected chi connectivity index (χ0v) is 26.2. The first-order valence-electron chi connectivity index (χ1n) is 13.2. The van der Waals surface area contributed by atoms with Gasteiger partial charge in [-0.05, 0) is 92.7 Å². The van der Waals surface area contributed by atoms with Crippen LogP contribution in [0.5, 0.6) is 5.75 Å². The number of nitrogens with one attached hydrogen (secondary N) is 2. The molecule has 0 aliphatic rings. The molecular weight excluding hydrogens is 655 g/mol. The summed E-state index contributed by atoms with van der Waals surface area (Å²) in [5.41, 5.74) is -0.361. The largest absolute Gasteiger partial charge is 0.494 e. The summed E-state index contributed by atoms with van der Waals surface area (Å²) in [7, 11) is -8.51. The minimum atomic E-state index is -4.79. The first-order valence-corrected chi connectivity index (χ1v) is 16.5. The van der Waals surface area contributed by atoms with Gasteiger partial charge < -0.3 is 10.1 Å². The molecule has 0 aliphatic carbocycles. The van der Waals surface area contributed by atoms with Crippen molar-refractivity contribution in [2.75, 3.05) is 27.5 Å². The van der Waals surface area contributed by atoms with Crippen molar-refractivity contribution in [3.05, 3.63) is 107 Å². The number of rotatable bonds is 11. The van der Waals surface area contributed by atoms with E-state index in [0.717, 1.165) is 34.1 Å². The molecule has 0 heterocycles. The lowest BCUT2D eigenvalue weighted by Gasteiger charge is -2.24. The molecule has 45 heavy (non-hydrogen) atoms. The lowest BCUT2D eigenvalue weighted by Crippen LogP contribution is -2.38. The van der Waals surface area contributed by atoms with Gasteiger partial charge in [0, 0.05) is 11.4 Å². The van der Waals surface area contributed by atoms with Crippen LogP contribution in [0.15, 0.2) is 101 Å². The molecule has 0 bridgehead atoms. The first-order chi connectivity index (χ1) is 21.1. The van der Waals surface area contributed by atoms with Gasteiger partial charge in [-0.2, -0.15) is 13.2 Å². The van der Waals surface area contributed by atoms with Crippen molar-refractivity contribution in [2.45, 2.75) is 29.8 Å². The fraction of sp³-hybridized carbons (Fsp3) is 0.167. The van der Waals surface area contributed by atoms with E-state index in [-0.39, 0.29) is 26.9 Å². The Morgan fingerprint density at radius 1 is 0.844 bits per heavy atom. The maximum Gasteiger partial charge on any atom is 0.417 e. The van der Waals surface area contributed by atoms with Crippen molar-refractivity contribution in [1.29, 1.82) is 0 Å². The van der Waals surface area contributed by atoms with Crippen LogP contribution in [-0.2, 0) is 31.0 Å². The molecule has 0 radical (unpaired) electrons. The summed E-state index contributed by atoms with van der Waals surface area (Å²) < 4.78 is 101. The Bertz CT molecular complexity index is 1890. The molecule has 0 fully saturated rings. The fourth-order valence-electron chi connectivity index (χ4n) is 4.10. The number of aryl methyl sites for hydroxylation is 1. The molecular formula is C30H27ClF3N3O6S2. The number of hydrogen-bond donors (Lipinski definition) is 2. The smallest absolute Gasteiger partial charge is 0.417 e. The highest BCUT2D eigenvalue weighted by molar-refractivity contribution is 7.93. The van der Waals surface area contributed by atoms with Crippen LogP contribution in [0.25, 0.3) is 0 Å². The molecule has 9 nitrogen and oxygen atoms in total. The van der Waals surface area contributed by atoms with Crippen molar-refractivity contribution in [3.8, 4) is 5.75 Å². The van der Waals surface area contributed by atoms with E-state index in [1.165, 1.54) is 36.4 Å². The molecule has 0 aromatic heterocycles. The van der Waals surface area contributed by atoms with Crippen molar-refractivity contribution in [1.82, 2.24) is 0 Å². The number of hydrogen-bond acceptors (Lipinski definition) is 6. The van der Waals surface area contributed by atoms with Crippen molar-refractivity contribution < 1.29 is 39.5 Å². The third-order valence-corrected chi connectivity index (χ3v) is 9.82. The summed E-state index contributed by atoms with van der Waals surface area (Å²) >= 11 is 5.60. The van der Waals surface area contributed by atoms with Crippen LogP contribution >= 0.6 is 11.6 Å². The molecule has 4 rings (SSSR count). The second-order valence-electron chi connectivity index (χ2n) is 9.62. The number of nitrogens with zero attached hydrogens (tertiary/aromatic N) is 1. The van der Waals surface area contributed by atoms with Crippen molar-refractivity contribution in [2.24, 2.45) is 0 Å². The van der Waals surface area contributed by atoms with Crippen LogP contribution in [-0.4, -0.2) is 35.9 Å². The SMILES string of the molecule is CCOc1ccc(N(CC(=O)Nc2ccc(S(=O)(=O)Nc3ccc(Cl)c(C(F)(F)F)c3)cc2)S(=O)(=O)c2ccc(C)cc2)cc1. The molecule has 1 amide bonds. The van der Waals surface area contributed by atoms with Gasteiger partial charge in [-0.15, -0.1) is 0 Å². The number of ether oxygens (including phenoxy) is 1. The van der Waals surface area contributed by atoms with Crippen LogP contribution < -0.4 is 19.1 Å². The average molecular weight is 682 g/mol. The lowest BCUT2D eigenvalue weighted by molar-refractivity contribution is -0.137. The number of halogens is 4. The number of carbonyl (C=O) groups excluding carboxylic acids is 1. The number of benzene rings is 4. The fourth-order valence-corrected chi connectivity index (χ4v) is 6.79. The summed E-state index contributed by atoms with van der Waals surface area (Å²) in [6.45, 7) is 3.40. The molecule has 2 N–H and O–H groups in total. The van der Waals surface area contributed by atoms with E-state index in [1.807, 2.05) is 6.92 Å². The van der Waals surface area contributed by atoms with Gasteiger partial charge in [-0.25, -0.2) is 16.8 Å². The van der Waals surface area contributed by atoms with E-state index in [4.69, 9.17) is 16.3 Å². The molecule has 0 saturated carbocycles. The van der Waals surface area contributed by atoms with E-state index < -0.39 is 49.3 Å². The van der Waals surface area contributed by atoms with Crippen LogP contribution in [0.4, 0.5) is 30.2 Å². The van der Waals surface area contributed by atoms with Crippen LogP contribution in [0.1, 0.15) is 18.1 Å². The highest BCUT2D eigenvalue weighted by Crippen LogP contribution is 2.36. The predicted octanol–water partition coefficient (Wildman–Crippen LogP) is 6.70. The number of carbonyl (C=O) groups is 1. The standard InChI is InChI=1S/C30H27ClF3N3O6S2/c1-3-43-24-11-9-23(10-12-24)37(45(41,42)26-13-4-20(2)5-14-26)19-29(38)35-21-6-15-25(16-7-21)44(39,40)36-22-8-17-28(31)27(18-22)30(32,33)34/h4-18,36H,3,19H2,1-2H3,(H,35,38). The molecule has 4 aromatic rings. The van der Waals surface area contributed by atoms with Gasteiger partial charge in [0.15, 0.2) is 0 Å². The van der Waals surface area contributed by atoms with Gasteiger partial charge in [-0.3, -0.25) is 13.8 Å². The third kappa shape index (κ3) is 8.26. The number of anilines is 3. The molecule has 0 atom stereocenters. The van der Waals surface area contributed by atoms with E-state index >= 15 is 0 Å². The summed E-state index contributed by atoms with van der Waals surface area (Å²) in [4.78, 5) is 12.8.